The van der Waals surface area contributed by atoms with Crippen LogP contribution in [-0.4, -0.2) is 73.2 Å². The number of ether oxygens (including phenoxy) is 3. The molecule has 1 aromatic heterocycles. The van der Waals surface area contributed by atoms with Crippen molar-refractivity contribution >= 4 is 17.6 Å². The second-order valence-electron chi connectivity index (χ2n) is 11.3. The maximum absolute atomic E-state index is 15.5. The molecule has 3 aromatic rings. The number of hydrogen-bond donors (Lipinski definition) is 1. The highest BCUT2D eigenvalue weighted by Gasteiger charge is 2.45. The Balaban J connectivity index is 1.44. The van der Waals surface area contributed by atoms with E-state index < -0.39 is 48.1 Å². The van der Waals surface area contributed by atoms with E-state index in [0.29, 0.717) is 42.0 Å². The number of carbonyl (C=O) groups excluding carboxylic acids is 2. The van der Waals surface area contributed by atoms with Gasteiger partial charge in [-0.25, -0.2) is 14.2 Å². The first-order valence-electron chi connectivity index (χ1n) is 14.7. The zero-order chi connectivity index (χ0) is 33.3. The van der Waals surface area contributed by atoms with Crippen molar-refractivity contribution in [2.75, 3.05) is 38.4 Å². The van der Waals surface area contributed by atoms with Crippen molar-refractivity contribution in [1.29, 1.82) is 0 Å². The van der Waals surface area contributed by atoms with Crippen LogP contribution in [0.15, 0.2) is 35.3 Å². The maximum Gasteiger partial charge on any atom is 0.411 e. The summed E-state index contributed by atoms with van der Waals surface area (Å²) in [5, 5.41) is 2.55. The predicted octanol–water partition coefficient (Wildman–Crippen LogP) is 3.81. The van der Waals surface area contributed by atoms with Gasteiger partial charge in [0.25, 0.3) is 11.5 Å². The molecule has 0 spiro atoms. The number of morpholine rings is 1. The molecule has 5 rings (SSSR count). The first-order valence-corrected chi connectivity index (χ1v) is 14.7. The Morgan fingerprint density at radius 3 is 2.65 bits per heavy atom. The summed E-state index contributed by atoms with van der Waals surface area (Å²) < 4.78 is 73.8. The van der Waals surface area contributed by atoms with Gasteiger partial charge in [-0.1, -0.05) is 6.07 Å². The first-order chi connectivity index (χ1) is 21.8. The molecule has 1 fully saturated rings. The van der Waals surface area contributed by atoms with E-state index in [9.17, 15) is 27.6 Å². The lowest BCUT2D eigenvalue weighted by Gasteiger charge is -2.38. The average Bonchev–Trinajstić information content (AvgIpc) is 3.02. The number of esters is 1. The smallest absolute Gasteiger partial charge is 0.411 e. The molecule has 14 heteroatoms. The van der Waals surface area contributed by atoms with E-state index in [4.69, 9.17) is 14.2 Å². The van der Waals surface area contributed by atoms with E-state index in [1.807, 2.05) is 0 Å². The summed E-state index contributed by atoms with van der Waals surface area (Å²) in [4.78, 5) is 44.6. The van der Waals surface area contributed by atoms with Gasteiger partial charge in [0.15, 0.2) is 0 Å². The molecule has 2 aliphatic rings. The predicted molar refractivity (Wildman–Crippen MR) is 160 cm³/mol. The second-order valence-corrected chi connectivity index (χ2v) is 11.3. The molecule has 0 unspecified atom stereocenters. The average molecular weight is 647 g/mol. The molecule has 0 saturated carbocycles. The molecule has 246 valence electrons. The van der Waals surface area contributed by atoms with Crippen LogP contribution in [-0.2, 0) is 34.2 Å². The molecule has 0 radical (unpaired) electrons. The second kappa shape index (κ2) is 13.1. The third-order valence-electron chi connectivity index (χ3n) is 8.40. The summed E-state index contributed by atoms with van der Waals surface area (Å²) in [6.07, 6.45) is -1.81. The molecule has 0 aliphatic carbocycles. The van der Waals surface area contributed by atoms with Crippen molar-refractivity contribution in [3.8, 4) is 17.0 Å². The number of alkyl halides is 3. The normalized spacial score (nSPS) is 17.1. The maximum atomic E-state index is 15.5. The fraction of sp³-hybridized carbons (Fsp3) is 0.438. The van der Waals surface area contributed by atoms with Crippen LogP contribution in [0.5, 0.6) is 5.75 Å². The Hall–Kier alpha value is -4.46. The van der Waals surface area contributed by atoms with Crippen molar-refractivity contribution in [3.63, 3.8) is 0 Å². The number of aromatic nitrogens is 2. The van der Waals surface area contributed by atoms with Crippen molar-refractivity contribution in [2.24, 2.45) is 7.05 Å². The van der Waals surface area contributed by atoms with Gasteiger partial charge in [0.05, 0.1) is 32.5 Å². The molecule has 3 heterocycles. The van der Waals surface area contributed by atoms with Gasteiger partial charge >= 0.3 is 12.1 Å². The molecule has 1 N–H and O–H groups in total. The molecule has 2 aromatic carbocycles. The van der Waals surface area contributed by atoms with Gasteiger partial charge in [0.2, 0.25) is 0 Å². The van der Waals surface area contributed by atoms with Gasteiger partial charge < -0.3 is 29.0 Å². The number of benzene rings is 2. The van der Waals surface area contributed by atoms with Crippen LogP contribution < -0.4 is 20.5 Å². The van der Waals surface area contributed by atoms with Crippen LogP contribution in [0.4, 0.5) is 23.2 Å². The Kier molecular flexibility index (Phi) is 9.38. The van der Waals surface area contributed by atoms with E-state index in [0.717, 1.165) is 23.6 Å². The molecule has 2 atom stereocenters. The number of nitrogens with one attached hydrogen (secondary N) is 1. The van der Waals surface area contributed by atoms with Crippen molar-refractivity contribution in [1.82, 2.24) is 14.9 Å². The minimum atomic E-state index is -4.61. The highest BCUT2D eigenvalue weighted by molar-refractivity contribution is 5.98. The Morgan fingerprint density at radius 2 is 1.96 bits per heavy atom. The lowest BCUT2D eigenvalue weighted by Crippen LogP contribution is -2.53. The van der Waals surface area contributed by atoms with Crippen LogP contribution in [0.2, 0.25) is 0 Å². The Labute approximate surface area is 262 Å². The summed E-state index contributed by atoms with van der Waals surface area (Å²) >= 11 is 0. The highest BCUT2D eigenvalue weighted by atomic mass is 19.4. The fourth-order valence-corrected chi connectivity index (χ4v) is 5.86. The number of hydrogen-bond acceptors (Lipinski definition) is 8. The summed E-state index contributed by atoms with van der Waals surface area (Å²) in [7, 11) is 2.80. The Morgan fingerprint density at radius 1 is 1.20 bits per heavy atom. The minimum Gasteiger partial charge on any atom is -0.493 e. The van der Waals surface area contributed by atoms with Gasteiger partial charge in [-0.05, 0) is 61.6 Å². The summed E-state index contributed by atoms with van der Waals surface area (Å²) in [5.41, 5.74) is 2.14. The third kappa shape index (κ3) is 6.43. The van der Waals surface area contributed by atoms with Crippen LogP contribution in [0.25, 0.3) is 11.3 Å². The van der Waals surface area contributed by atoms with Crippen LogP contribution >= 0.6 is 0 Å². The quantitative estimate of drug-likeness (QED) is 0.305. The van der Waals surface area contributed by atoms with Gasteiger partial charge in [-0.2, -0.15) is 13.2 Å². The van der Waals surface area contributed by atoms with Crippen molar-refractivity contribution < 1.29 is 41.4 Å². The van der Waals surface area contributed by atoms with E-state index >= 15 is 4.39 Å². The first kappa shape index (κ1) is 32.9. The van der Waals surface area contributed by atoms with Crippen LogP contribution in [0, 0.1) is 19.7 Å². The molecule has 10 nitrogen and oxygen atoms in total. The number of fused-ring (bicyclic) bond motifs is 1. The number of amides is 1. The van der Waals surface area contributed by atoms with Gasteiger partial charge in [0, 0.05) is 43.2 Å². The standard InChI is InChI=1S/C32H34F4N4O6/c1-17-12-20(40-9-11-45-16-25(40)32(34,35)36)14-23(33)26(17)29(41)38-24(31(43)44-4)13-19-7-8-22(28-21(19)6-5-10-46-28)27-30(42)39(3)18(2)15-37-27/h7-8,12,14-15,24-25H,5-6,9-11,13,16H2,1-4H3,(H,38,41)/t24-,25+/m0/s1. The molecule has 0 bridgehead atoms. The number of anilines is 1. The molecule has 1 saturated heterocycles. The van der Waals surface area contributed by atoms with E-state index in [2.05, 4.69) is 10.3 Å². The lowest BCUT2D eigenvalue weighted by atomic mass is 9.91. The van der Waals surface area contributed by atoms with Crippen LogP contribution in [0.3, 0.4) is 0 Å². The third-order valence-corrected chi connectivity index (χ3v) is 8.40. The number of rotatable bonds is 7. The molecular weight excluding hydrogens is 612 g/mol. The molecule has 2 aliphatic heterocycles. The Bertz CT molecular complexity index is 1700. The number of carbonyl (C=O) groups is 2. The molecule has 46 heavy (non-hydrogen) atoms. The van der Waals surface area contributed by atoms with Gasteiger partial charge in [0.1, 0.15) is 29.3 Å². The molecular formula is C32H34F4N4O6. The van der Waals surface area contributed by atoms with Crippen molar-refractivity contribution in [2.45, 2.75) is 51.4 Å². The van der Waals surface area contributed by atoms with Gasteiger partial charge in [-0.3, -0.25) is 9.59 Å². The SMILES string of the molecule is COC(=O)[C@H](Cc1ccc(-c2ncc(C)n(C)c2=O)c2c1CCCO2)NC(=O)c1c(C)cc(N2CCOC[C@@H]2C(F)(F)F)cc1F. The fourth-order valence-electron chi connectivity index (χ4n) is 5.86. The zero-order valence-electron chi connectivity index (χ0n) is 25.8. The summed E-state index contributed by atoms with van der Waals surface area (Å²) in [6.45, 7) is 2.91. The summed E-state index contributed by atoms with van der Waals surface area (Å²) in [6, 6.07) is 2.39. The number of halogens is 4. The van der Waals surface area contributed by atoms with Gasteiger partial charge in [-0.15, -0.1) is 0 Å². The number of aryl methyl sites for hydroxylation is 2. The monoisotopic (exact) mass is 646 g/mol. The van der Waals surface area contributed by atoms with E-state index in [1.54, 1.807) is 32.3 Å². The van der Waals surface area contributed by atoms with Crippen molar-refractivity contribution in [3.05, 3.63) is 74.6 Å². The number of methoxy groups -OCH3 is 1. The topological polar surface area (TPSA) is 112 Å². The summed E-state index contributed by atoms with van der Waals surface area (Å²) in [5.74, 6) is -2.29. The minimum absolute atomic E-state index is 0.0319. The van der Waals surface area contributed by atoms with E-state index in [1.165, 1.54) is 17.6 Å². The van der Waals surface area contributed by atoms with E-state index in [-0.39, 0.29) is 42.1 Å². The van der Waals surface area contributed by atoms with Crippen LogP contribution in [0.1, 0.15) is 39.2 Å². The highest BCUT2D eigenvalue weighted by Crippen LogP contribution is 2.37. The zero-order valence-corrected chi connectivity index (χ0v) is 25.8. The number of nitrogens with zero attached hydrogens (tertiary/aromatic N) is 3. The molecule has 1 amide bonds. The largest absolute Gasteiger partial charge is 0.493 e. The lowest BCUT2D eigenvalue weighted by molar-refractivity contribution is -0.167.